The van der Waals surface area contributed by atoms with Crippen LogP contribution in [0.1, 0.15) is 0 Å². The number of hydrogen-bond acceptors (Lipinski definition) is 4. The van der Waals surface area contributed by atoms with E-state index in [0.29, 0.717) is 13.1 Å². The van der Waals surface area contributed by atoms with Gasteiger partial charge in [0.05, 0.1) is 6.54 Å². The third-order valence-corrected chi connectivity index (χ3v) is 3.80. The Balaban J connectivity index is 1.54. The molecule has 0 aromatic heterocycles. The Bertz CT molecular complexity index is 379. The molecule has 98 valence electrons. The van der Waals surface area contributed by atoms with Gasteiger partial charge in [-0.3, -0.25) is 9.69 Å². The minimum Gasteiger partial charge on any atom is -0.354 e. The summed E-state index contributed by atoms with van der Waals surface area (Å²) in [6.45, 7) is 2.86. The molecule has 2 rings (SSSR count). The first kappa shape index (κ1) is 13.4. The minimum atomic E-state index is 0.0931. The molecule has 1 amide bonds. The van der Waals surface area contributed by atoms with E-state index in [2.05, 4.69) is 22.3 Å². The second-order valence-corrected chi connectivity index (χ2v) is 5.63. The summed E-state index contributed by atoms with van der Waals surface area (Å²) in [7, 11) is 0. The lowest BCUT2D eigenvalue weighted by molar-refractivity contribution is -0.123. The highest BCUT2D eigenvalue weighted by atomic mass is 32.2. The van der Waals surface area contributed by atoms with Gasteiger partial charge in [0.1, 0.15) is 0 Å². The van der Waals surface area contributed by atoms with Crippen molar-refractivity contribution >= 4 is 17.7 Å². The third kappa shape index (κ3) is 4.33. The van der Waals surface area contributed by atoms with Crippen molar-refractivity contribution in [2.24, 2.45) is 5.73 Å². The molecule has 1 fully saturated rings. The summed E-state index contributed by atoms with van der Waals surface area (Å²) in [5.74, 6) is 0.991. The van der Waals surface area contributed by atoms with Gasteiger partial charge in [0.15, 0.2) is 0 Å². The van der Waals surface area contributed by atoms with E-state index in [0.717, 1.165) is 18.8 Å². The van der Waals surface area contributed by atoms with Crippen molar-refractivity contribution in [2.75, 3.05) is 31.9 Å². The van der Waals surface area contributed by atoms with Gasteiger partial charge < -0.3 is 11.1 Å². The summed E-state index contributed by atoms with van der Waals surface area (Å²) >= 11 is 1.75. The first-order valence-corrected chi connectivity index (χ1v) is 7.15. The molecule has 0 unspecified atom stereocenters. The molecule has 1 aromatic rings. The van der Waals surface area contributed by atoms with Crippen molar-refractivity contribution in [3.63, 3.8) is 0 Å². The van der Waals surface area contributed by atoms with E-state index >= 15 is 0 Å². The molecule has 1 aliphatic rings. The Kier molecular flexibility index (Phi) is 5.04. The lowest BCUT2D eigenvalue weighted by atomic mass is 10.1. The first-order valence-electron chi connectivity index (χ1n) is 6.16. The summed E-state index contributed by atoms with van der Waals surface area (Å²) in [5.41, 5.74) is 5.65. The average molecular weight is 265 g/mol. The zero-order chi connectivity index (χ0) is 12.8. The van der Waals surface area contributed by atoms with Crippen molar-refractivity contribution < 1.29 is 4.79 Å². The number of nitrogens with two attached hydrogens (primary N) is 1. The maximum Gasteiger partial charge on any atom is 0.234 e. The molecule has 18 heavy (non-hydrogen) atoms. The van der Waals surface area contributed by atoms with E-state index in [-0.39, 0.29) is 11.9 Å². The van der Waals surface area contributed by atoms with Crippen molar-refractivity contribution in [1.82, 2.24) is 10.2 Å². The summed E-state index contributed by atoms with van der Waals surface area (Å²) in [4.78, 5) is 14.9. The molecule has 4 nitrogen and oxygen atoms in total. The van der Waals surface area contributed by atoms with Gasteiger partial charge in [-0.2, -0.15) is 0 Å². The molecular formula is C13H19N3OS. The third-order valence-electron chi connectivity index (χ3n) is 2.79. The van der Waals surface area contributed by atoms with E-state index in [1.165, 1.54) is 4.90 Å². The van der Waals surface area contributed by atoms with Gasteiger partial charge >= 0.3 is 0 Å². The highest BCUT2D eigenvalue weighted by Crippen LogP contribution is 2.15. The van der Waals surface area contributed by atoms with Gasteiger partial charge in [-0.25, -0.2) is 0 Å². The molecule has 1 aliphatic heterocycles. The van der Waals surface area contributed by atoms with Crippen molar-refractivity contribution in [1.29, 1.82) is 0 Å². The number of carbonyl (C=O) groups is 1. The zero-order valence-corrected chi connectivity index (χ0v) is 11.2. The number of rotatable bonds is 6. The summed E-state index contributed by atoms with van der Waals surface area (Å²) < 4.78 is 0. The highest BCUT2D eigenvalue weighted by Gasteiger charge is 2.24. The molecular weight excluding hydrogens is 246 g/mol. The molecule has 5 heteroatoms. The number of carbonyl (C=O) groups excluding carboxylic acids is 1. The smallest absolute Gasteiger partial charge is 0.234 e. The molecule has 0 radical (unpaired) electrons. The molecule has 1 aromatic carbocycles. The molecule has 0 spiro atoms. The summed E-state index contributed by atoms with van der Waals surface area (Å²) in [5, 5.41) is 2.92. The van der Waals surface area contributed by atoms with Crippen molar-refractivity contribution in [3.8, 4) is 0 Å². The van der Waals surface area contributed by atoms with Gasteiger partial charge in [-0.1, -0.05) is 18.2 Å². The Morgan fingerprint density at radius 3 is 2.78 bits per heavy atom. The topological polar surface area (TPSA) is 58.4 Å². The lowest BCUT2D eigenvalue weighted by Gasteiger charge is -2.36. The number of nitrogens with one attached hydrogen (secondary N) is 1. The molecule has 0 atom stereocenters. The molecule has 0 bridgehead atoms. The van der Waals surface area contributed by atoms with Gasteiger partial charge in [0.2, 0.25) is 5.91 Å². The largest absolute Gasteiger partial charge is 0.354 e. The van der Waals surface area contributed by atoms with Crippen LogP contribution < -0.4 is 11.1 Å². The SMILES string of the molecule is NC1CN(CC(=O)NCCSc2ccccc2)C1. The van der Waals surface area contributed by atoms with Crippen LogP contribution in [-0.2, 0) is 4.79 Å². The van der Waals surface area contributed by atoms with Gasteiger partial charge in [-0.05, 0) is 12.1 Å². The fraction of sp³-hybridized carbons (Fsp3) is 0.462. The van der Waals surface area contributed by atoms with Crippen LogP contribution in [0.2, 0.25) is 0 Å². The van der Waals surface area contributed by atoms with Gasteiger partial charge in [0, 0.05) is 36.3 Å². The van der Waals surface area contributed by atoms with E-state index in [1.54, 1.807) is 11.8 Å². The molecule has 1 heterocycles. The number of amides is 1. The van der Waals surface area contributed by atoms with Crippen LogP contribution in [0.25, 0.3) is 0 Å². The standard InChI is InChI=1S/C13H19N3OS/c14-11-8-16(9-11)10-13(17)15-6-7-18-12-4-2-1-3-5-12/h1-5,11H,6-10,14H2,(H,15,17). The quantitative estimate of drug-likeness (QED) is 0.582. The van der Waals surface area contributed by atoms with E-state index in [4.69, 9.17) is 5.73 Å². The average Bonchev–Trinajstić information content (AvgIpc) is 2.34. The van der Waals surface area contributed by atoms with Gasteiger partial charge in [-0.15, -0.1) is 11.8 Å². The minimum absolute atomic E-state index is 0.0931. The van der Waals surface area contributed by atoms with Crippen LogP contribution in [0.4, 0.5) is 0 Å². The Labute approximate surface area is 112 Å². The van der Waals surface area contributed by atoms with Crippen LogP contribution in [0.3, 0.4) is 0 Å². The van der Waals surface area contributed by atoms with Crippen molar-refractivity contribution in [3.05, 3.63) is 30.3 Å². The van der Waals surface area contributed by atoms with Crippen LogP contribution >= 0.6 is 11.8 Å². The molecule has 1 saturated heterocycles. The molecule has 0 aliphatic carbocycles. The van der Waals surface area contributed by atoms with Crippen LogP contribution in [0, 0.1) is 0 Å². The predicted octanol–water partition coefficient (Wildman–Crippen LogP) is 0.538. The monoisotopic (exact) mass is 265 g/mol. The molecule has 0 saturated carbocycles. The summed E-state index contributed by atoms with van der Waals surface area (Å²) in [6, 6.07) is 10.5. The van der Waals surface area contributed by atoms with E-state index in [9.17, 15) is 4.79 Å². The van der Waals surface area contributed by atoms with Gasteiger partial charge in [0.25, 0.3) is 0 Å². The number of nitrogens with zero attached hydrogens (tertiary/aromatic N) is 1. The van der Waals surface area contributed by atoms with E-state index < -0.39 is 0 Å². The lowest BCUT2D eigenvalue weighted by Crippen LogP contribution is -2.58. The number of likely N-dealkylation sites (tertiary alicyclic amines) is 1. The number of thioether (sulfide) groups is 1. The Morgan fingerprint density at radius 1 is 1.39 bits per heavy atom. The van der Waals surface area contributed by atoms with Crippen LogP contribution in [0.15, 0.2) is 35.2 Å². The first-order chi connectivity index (χ1) is 8.74. The van der Waals surface area contributed by atoms with Crippen LogP contribution in [0.5, 0.6) is 0 Å². The zero-order valence-electron chi connectivity index (χ0n) is 10.3. The predicted molar refractivity (Wildman–Crippen MR) is 74.6 cm³/mol. The Hall–Kier alpha value is -1.04. The number of benzene rings is 1. The second kappa shape index (κ2) is 6.78. The highest BCUT2D eigenvalue weighted by molar-refractivity contribution is 7.99. The number of hydrogen-bond donors (Lipinski definition) is 2. The maximum atomic E-state index is 11.6. The summed E-state index contributed by atoms with van der Waals surface area (Å²) in [6.07, 6.45) is 0. The Morgan fingerprint density at radius 2 is 2.11 bits per heavy atom. The second-order valence-electron chi connectivity index (χ2n) is 4.47. The van der Waals surface area contributed by atoms with E-state index in [1.807, 2.05) is 18.2 Å². The fourth-order valence-corrected chi connectivity index (χ4v) is 2.66. The normalized spacial score (nSPS) is 16.3. The fourth-order valence-electron chi connectivity index (χ4n) is 1.87. The van der Waals surface area contributed by atoms with Crippen LogP contribution in [-0.4, -0.2) is 48.8 Å². The van der Waals surface area contributed by atoms with Crippen molar-refractivity contribution in [2.45, 2.75) is 10.9 Å². The maximum absolute atomic E-state index is 11.6. The molecule has 3 N–H and O–H groups in total.